The first-order valence-corrected chi connectivity index (χ1v) is 8.24. The zero-order chi connectivity index (χ0) is 16.2. The summed E-state index contributed by atoms with van der Waals surface area (Å²) < 4.78 is 5.64. The predicted octanol–water partition coefficient (Wildman–Crippen LogP) is 4.61. The predicted molar refractivity (Wildman–Crippen MR) is 89.5 cm³/mol. The van der Waals surface area contributed by atoms with Gasteiger partial charge in [-0.25, -0.2) is 9.78 Å². The van der Waals surface area contributed by atoms with E-state index in [1.54, 1.807) is 18.3 Å². The number of carbonyl (C=O) groups is 1. The highest BCUT2D eigenvalue weighted by molar-refractivity contribution is 6.29. The average Bonchev–Trinajstić information content (AvgIpc) is 3.18. The summed E-state index contributed by atoms with van der Waals surface area (Å²) in [4.78, 5) is 18.6. The van der Waals surface area contributed by atoms with E-state index < -0.39 is 0 Å². The molecule has 3 rings (SSSR count). The first-order valence-electron chi connectivity index (χ1n) is 7.86. The van der Waals surface area contributed by atoms with Gasteiger partial charge in [0.15, 0.2) is 0 Å². The Balaban J connectivity index is 1.73. The van der Waals surface area contributed by atoms with Crippen molar-refractivity contribution in [3.8, 4) is 0 Å². The number of nitrogens with one attached hydrogen (secondary N) is 1. The number of furan rings is 1. The number of anilines is 1. The van der Waals surface area contributed by atoms with Gasteiger partial charge in [-0.15, -0.1) is 0 Å². The maximum atomic E-state index is 12.7. The molecule has 0 radical (unpaired) electrons. The molecule has 0 aliphatic heterocycles. The van der Waals surface area contributed by atoms with Gasteiger partial charge in [0.05, 0.1) is 18.4 Å². The molecule has 6 heteroatoms. The van der Waals surface area contributed by atoms with Crippen LogP contribution in [-0.2, 0) is 6.54 Å². The van der Waals surface area contributed by atoms with Gasteiger partial charge >= 0.3 is 6.03 Å². The van der Waals surface area contributed by atoms with E-state index >= 15 is 0 Å². The third-order valence-corrected chi connectivity index (χ3v) is 4.35. The number of hydrogen-bond donors (Lipinski definition) is 1. The maximum Gasteiger partial charge on any atom is 0.322 e. The minimum Gasteiger partial charge on any atom is -0.464 e. The molecule has 0 saturated heterocycles. The molecule has 23 heavy (non-hydrogen) atoms. The maximum absolute atomic E-state index is 12.7. The second-order valence-electron chi connectivity index (χ2n) is 5.88. The third-order valence-electron chi connectivity index (χ3n) is 4.13. The lowest BCUT2D eigenvalue weighted by atomic mass is 10.2. The van der Waals surface area contributed by atoms with Crippen LogP contribution in [0.25, 0.3) is 0 Å². The molecule has 0 aromatic carbocycles. The summed E-state index contributed by atoms with van der Waals surface area (Å²) in [5.74, 6) is 1.66. The van der Waals surface area contributed by atoms with Gasteiger partial charge in [0, 0.05) is 6.04 Å². The minimum absolute atomic E-state index is 0.130. The van der Waals surface area contributed by atoms with Crippen LogP contribution in [0.15, 0.2) is 34.9 Å². The lowest BCUT2D eigenvalue weighted by molar-refractivity contribution is 0.178. The molecule has 0 atom stereocenters. The van der Waals surface area contributed by atoms with Crippen LogP contribution in [0, 0.1) is 6.92 Å². The quantitative estimate of drug-likeness (QED) is 0.831. The number of urea groups is 1. The average molecular weight is 334 g/mol. The molecule has 1 aliphatic carbocycles. The zero-order valence-corrected chi connectivity index (χ0v) is 13.8. The lowest BCUT2D eigenvalue weighted by Crippen LogP contribution is -2.41. The van der Waals surface area contributed by atoms with E-state index in [9.17, 15) is 4.79 Å². The standard InChI is InChI=1S/C17H20ClN3O2/c1-12-6-8-15(23-12)11-21(14-4-2-3-5-14)17(22)20-13-7-9-16(18)19-10-13/h6-10,14H,2-5,11H2,1H3,(H,20,22). The molecule has 2 aromatic rings. The molecule has 122 valence electrons. The number of nitrogens with zero attached hydrogens (tertiary/aromatic N) is 2. The Hall–Kier alpha value is -2.01. The monoisotopic (exact) mass is 333 g/mol. The Labute approximate surface area is 140 Å². The van der Waals surface area contributed by atoms with Gasteiger partial charge in [-0.2, -0.15) is 0 Å². The van der Waals surface area contributed by atoms with Crippen molar-refractivity contribution in [2.75, 3.05) is 5.32 Å². The molecule has 0 unspecified atom stereocenters. The molecule has 1 aliphatic rings. The summed E-state index contributed by atoms with van der Waals surface area (Å²) in [6.07, 6.45) is 5.95. The summed E-state index contributed by atoms with van der Waals surface area (Å²) in [7, 11) is 0. The fourth-order valence-corrected chi connectivity index (χ4v) is 3.08. The molecular formula is C17H20ClN3O2. The van der Waals surface area contributed by atoms with Gasteiger partial charge < -0.3 is 14.6 Å². The van der Waals surface area contributed by atoms with Crippen LogP contribution in [0.2, 0.25) is 5.15 Å². The molecule has 2 aromatic heterocycles. The van der Waals surface area contributed by atoms with Crippen molar-refractivity contribution in [3.05, 3.63) is 47.1 Å². The van der Waals surface area contributed by atoms with Crippen LogP contribution in [0.1, 0.15) is 37.2 Å². The molecular weight excluding hydrogens is 314 g/mol. The molecule has 1 fully saturated rings. The van der Waals surface area contributed by atoms with Crippen molar-refractivity contribution in [2.45, 2.75) is 45.2 Å². The summed E-state index contributed by atoms with van der Waals surface area (Å²) >= 11 is 5.78. The second-order valence-corrected chi connectivity index (χ2v) is 6.27. The van der Waals surface area contributed by atoms with E-state index in [1.807, 2.05) is 24.0 Å². The summed E-state index contributed by atoms with van der Waals surface area (Å²) in [5, 5.41) is 3.30. The molecule has 0 spiro atoms. The van der Waals surface area contributed by atoms with E-state index in [-0.39, 0.29) is 12.1 Å². The Bertz CT molecular complexity index is 663. The third kappa shape index (κ3) is 4.05. The zero-order valence-electron chi connectivity index (χ0n) is 13.1. The van der Waals surface area contributed by atoms with Crippen molar-refractivity contribution >= 4 is 23.3 Å². The number of carbonyl (C=O) groups excluding carboxylic acids is 1. The lowest BCUT2D eigenvalue weighted by Gasteiger charge is -2.28. The van der Waals surface area contributed by atoms with E-state index in [0.29, 0.717) is 17.4 Å². The van der Waals surface area contributed by atoms with Crippen LogP contribution in [-0.4, -0.2) is 22.0 Å². The fraction of sp³-hybridized carbons (Fsp3) is 0.412. The van der Waals surface area contributed by atoms with Gasteiger partial charge in [0.1, 0.15) is 16.7 Å². The highest BCUT2D eigenvalue weighted by atomic mass is 35.5. The van der Waals surface area contributed by atoms with Crippen molar-refractivity contribution in [2.24, 2.45) is 0 Å². The van der Waals surface area contributed by atoms with Gasteiger partial charge in [-0.3, -0.25) is 0 Å². The smallest absolute Gasteiger partial charge is 0.322 e. The minimum atomic E-state index is -0.130. The number of aromatic nitrogens is 1. The summed E-state index contributed by atoms with van der Waals surface area (Å²) in [6.45, 7) is 2.38. The van der Waals surface area contributed by atoms with Crippen LogP contribution in [0.5, 0.6) is 0 Å². The van der Waals surface area contributed by atoms with Crippen LogP contribution < -0.4 is 5.32 Å². The number of amides is 2. The molecule has 1 saturated carbocycles. The van der Waals surface area contributed by atoms with Crippen molar-refractivity contribution < 1.29 is 9.21 Å². The number of hydrogen-bond acceptors (Lipinski definition) is 3. The van der Waals surface area contributed by atoms with Crippen molar-refractivity contribution in [1.29, 1.82) is 0 Å². The second kappa shape index (κ2) is 7.04. The number of pyridine rings is 1. The van der Waals surface area contributed by atoms with Crippen molar-refractivity contribution in [1.82, 2.24) is 9.88 Å². The highest BCUT2D eigenvalue weighted by Crippen LogP contribution is 2.26. The molecule has 5 nitrogen and oxygen atoms in total. The molecule has 0 bridgehead atoms. The summed E-state index contributed by atoms with van der Waals surface area (Å²) in [5.41, 5.74) is 0.637. The fourth-order valence-electron chi connectivity index (χ4n) is 2.97. The van der Waals surface area contributed by atoms with E-state index in [2.05, 4.69) is 10.3 Å². The van der Waals surface area contributed by atoms with Gasteiger partial charge in [0.2, 0.25) is 0 Å². The van der Waals surface area contributed by atoms with E-state index in [4.69, 9.17) is 16.0 Å². The highest BCUT2D eigenvalue weighted by Gasteiger charge is 2.27. The van der Waals surface area contributed by atoms with E-state index in [1.165, 1.54) is 0 Å². The van der Waals surface area contributed by atoms with Gasteiger partial charge in [-0.1, -0.05) is 24.4 Å². The first-order chi connectivity index (χ1) is 11.1. The Kier molecular flexibility index (Phi) is 4.86. The number of aryl methyl sites for hydroxylation is 1. The SMILES string of the molecule is Cc1ccc(CN(C(=O)Nc2ccc(Cl)nc2)C2CCCC2)o1. The number of rotatable bonds is 4. The number of halogens is 1. The Morgan fingerprint density at radius 2 is 2.13 bits per heavy atom. The van der Waals surface area contributed by atoms with Crippen LogP contribution in [0.3, 0.4) is 0 Å². The van der Waals surface area contributed by atoms with Crippen molar-refractivity contribution in [3.63, 3.8) is 0 Å². The van der Waals surface area contributed by atoms with Gasteiger partial charge in [-0.05, 0) is 44.0 Å². The largest absolute Gasteiger partial charge is 0.464 e. The molecule has 1 N–H and O–H groups in total. The van der Waals surface area contributed by atoms with E-state index in [0.717, 1.165) is 37.2 Å². The molecule has 2 heterocycles. The Morgan fingerprint density at radius 1 is 1.35 bits per heavy atom. The first kappa shape index (κ1) is 15.9. The van der Waals surface area contributed by atoms with Crippen LogP contribution >= 0.6 is 11.6 Å². The topological polar surface area (TPSA) is 58.4 Å². The normalized spacial score (nSPS) is 14.9. The van der Waals surface area contributed by atoms with Crippen LogP contribution in [0.4, 0.5) is 10.5 Å². The Morgan fingerprint density at radius 3 is 2.74 bits per heavy atom. The summed E-state index contributed by atoms with van der Waals surface area (Å²) in [6, 6.07) is 7.37. The molecule has 2 amide bonds. The van der Waals surface area contributed by atoms with Gasteiger partial charge in [0.25, 0.3) is 0 Å².